The van der Waals surface area contributed by atoms with Gasteiger partial charge in [0.1, 0.15) is 22.5 Å². The molecule has 0 unspecified atom stereocenters. The Bertz CT molecular complexity index is 898. The highest BCUT2D eigenvalue weighted by Gasteiger charge is 2.16. The van der Waals surface area contributed by atoms with E-state index < -0.39 is 0 Å². The summed E-state index contributed by atoms with van der Waals surface area (Å²) in [6.07, 6.45) is 1.64. The van der Waals surface area contributed by atoms with E-state index in [0.717, 1.165) is 0 Å². The number of rotatable bonds is 1. The molecule has 0 amide bonds. The molecule has 3 rings (SSSR count). The van der Waals surface area contributed by atoms with Gasteiger partial charge in [0.25, 0.3) is 0 Å². The second kappa shape index (κ2) is 4.65. The standard InChI is InChI=1S/C14H6ClN5/c15-12-4-5-20-14(18-12)11(8-17)13(19-20)10-3-1-2-9(6-10)7-16/h1-6H. The maximum Gasteiger partial charge on any atom is 0.175 e. The van der Waals surface area contributed by atoms with Gasteiger partial charge in [-0.25, -0.2) is 9.50 Å². The fraction of sp³-hybridized carbons (Fsp3) is 0. The summed E-state index contributed by atoms with van der Waals surface area (Å²) < 4.78 is 1.50. The van der Waals surface area contributed by atoms with Gasteiger partial charge in [-0.15, -0.1) is 0 Å². The molecule has 2 heterocycles. The van der Waals surface area contributed by atoms with E-state index in [1.54, 1.807) is 36.5 Å². The van der Waals surface area contributed by atoms with Crippen molar-refractivity contribution in [3.63, 3.8) is 0 Å². The van der Waals surface area contributed by atoms with Crippen molar-refractivity contribution in [2.45, 2.75) is 0 Å². The van der Waals surface area contributed by atoms with Crippen molar-refractivity contribution in [1.82, 2.24) is 14.6 Å². The summed E-state index contributed by atoms with van der Waals surface area (Å²) in [5.41, 5.74) is 2.43. The topological polar surface area (TPSA) is 77.8 Å². The molecule has 0 aliphatic heterocycles. The van der Waals surface area contributed by atoms with E-state index in [-0.39, 0.29) is 0 Å². The highest BCUT2D eigenvalue weighted by atomic mass is 35.5. The number of hydrogen-bond acceptors (Lipinski definition) is 4. The van der Waals surface area contributed by atoms with Crippen LogP contribution >= 0.6 is 11.6 Å². The van der Waals surface area contributed by atoms with E-state index in [1.807, 2.05) is 0 Å². The summed E-state index contributed by atoms with van der Waals surface area (Å²) in [4.78, 5) is 4.11. The zero-order chi connectivity index (χ0) is 14.1. The van der Waals surface area contributed by atoms with Gasteiger partial charge in [-0.05, 0) is 18.2 Å². The van der Waals surface area contributed by atoms with Gasteiger partial charge in [-0.2, -0.15) is 15.6 Å². The molecular weight excluding hydrogens is 274 g/mol. The number of hydrogen-bond donors (Lipinski definition) is 0. The van der Waals surface area contributed by atoms with Crippen LogP contribution in [0, 0.1) is 22.7 Å². The zero-order valence-corrected chi connectivity index (χ0v) is 10.8. The number of nitriles is 2. The van der Waals surface area contributed by atoms with Crippen LogP contribution in [0.1, 0.15) is 11.1 Å². The monoisotopic (exact) mass is 279 g/mol. The van der Waals surface area contributed by atoms with Crippen molar-refractivity contribution >= 4 is 17.2 Å². The van der Waals surface area contributed by atoms with Crippen molar-refractivity contribution in [3.05, 3.63) is 52.8 Å². The Morgan fingerprint density at radius 1 is 1.15 bits per heavy atom. The lowest BCUT2D eigenvalue weighted by Gasteiger charge is -1.97. The Morgan fingerprint density at radius 2 is 2.00 bits per heavy atom. The van der Waals surface area contributed by atoms with Crippen LogP contribution in [0.15, 0.2) is 36.5 Å². The summed E-state index contributed by atoms with van der Waals surface area (Å²) in [6, 6.07) is 12.7. The van der Waals surface area contributed by atoms with Crippen LogP contribution in [0.5, 0.6) is 0 Å². The average molecular weight is 280 g/mol. The molecule has 5 nitrogen and oxygen atoms in total. The first-order valence-corrected chi connectivity index (χ1v) is 6.06. The molecule has 0 bridgehead atoms. The predicted molar refractivity (Wildman–Crippen MR) is 72.9 cm³/mol. The summed E-state index contributed by atoms with van der Waals surface area (Å²) in [5.74, 6) is 0. The number of nitrogens with zero attached hydrogens (tertiary/aromatic N) is 5. The minimum Gasteiger partial charge on any atom is -0.220 e. The summed E-state index contributed by atoms with van der Waals surface area (Å²) >= 11 is 5.85. The lowest BCUT2D eigenvalue weighted by atomic mass is 10.1. The number of halogens is 1. The summed E-state index contributed by atoms with van der Waals surface area (Å²) in [6.45, 7) is 0. The van der Waals surface area contributed by atoms with E-state index in [2.05, 4.69) is 22.2 Å². The van der Waals surface area contributed by atoms with Crippen molar-refractivity contribution in [3.8, 4) is 23.4 Å². The average Bonchev–Trinajstić information content (AvgIpc) is 2.85. The molecule has 0 saturated heterocycles. The van der Waals surface area contributed by atoms with Gasteiger partial charge in [0.2, 0.25) is 0 Å². The first-order valence-electron chi connectivity index (χ1n) is 5.68. The van der Waals surface area contributed by atoms with E-state index in [0.29, 0.717) is 33.2 Å². The quantitative estimate of drug-likeness (QED) is 0.642. The Labute approximate surface area is 119 Å². The van der Waals surface area contributed by atoms with Crippen LogP contribution in [0.2, 0.25) is 5.15 Å². The Morgan fingerprint density at radius 3 is 2.75 bits per heavy atom. The number of benzene rings is 1. The third kappa shape index (κ3) is 1.87. The lowest BCUT2D eigenvalue weighted by Crippen LogP contribution is -1.89. The van der Waals surface area contributed by atoms with Gasteiger partial charge in [0.15, 0.2) is 5.65 Å². The maximum absolute atomic E-state index is 9.33. The van der Waals surface area contributed by atoms with Gasteiger partial charge < -0.3 is 0 Å². The Balaban J connectivity index is 2.31. The number of aromatic nitrogens is 3. The fourth-order valence-electron chi connectivity index (χ4n) is 1.95. The van der Waals surface area contributed by atoms with Crippen molar-refractivity contribution < 1.29 is 0 Å². The van der Waals surface area contributed by atoms with Crippen LogP contribution in [0.4, 0.5) is 0 Å². The Kier molecular flexibility index (Phi) is 2.83. The third-order valence-corrected chi connectivity index (χ3v) is 3.04. The van der Waals surface area contributed by atoms with Crippen molar-refractivity contribution in [1.29, 1.82) is 10.5 Å². The van der Waals surface area contributed by atoms with Crippen LogP contribution in [-0.2, 0) is 0 Å². The second-order valence-electron chi connectivity index (χ2n) is 4.05. The molecule has 0 radical (unpaired) electrons. The molecule has 0 atom stereocenters. The van der Waals surface area contributed by atoms with E-state index in [1.165, 1.54) is 4.52 Å². The lowest BCUT2D eigenvalue weighted by molar-refractivity contribution is 0.943. The molecule has 0 aliphatic carbocycles. The van der Waals surface area contributed by atoms with E-state index >= 15 is 0 Å². The predicted octanol–water partition coefficient (Wildman–Crippen LogP) is 2.79. The van der Waals surface area contributed by atoms with Crippen LogP contribution in [0.25, 0.3) is 16.9 Å². The third-order valence-electron chi connectivity index (χ3n) is 2.83. The first kappa shape index (κ1) is 12.2. The molecule has 3 aromatic rings. The summed E-state index contributed by atoms with van der Waals surface area (Å²) in [7, 11) is 0. The SMILES string of the molecule is N#Cc1cccc(-c2nn3ccc(Cl)nc3c2C#N)c1. The molecule has 2 aromatic heterocycles. The fourth-order valence-corrected chi connectivity index (χ4v) is 2.08. The molecule has 0 N–H and O–H groups in total. The van der Waals surface area contributed by atoms with Gasteiger partial charge in [-0.1, -0.05) is 23.7 Å². The van der Waals surface area contributed by atoms with Crippen LogP contribution in [0.3, 0.4) is 0 Å². The maximum atomic E-state index is 9.33. The van der Waals surface area contributed by atoms with Gasteiger partial charge in [-0.3, -0.25) is 0 Å². The normalized spacial score (nSPS) is 10.2. The molecule has 0 aliphatic rings. The molecule has 94 valence electrons. The van der Waals surface area contributed by atoms with E-state index in [9.17, 15) is 5.26 Å². The molecule has 6 heteroatoms. The van der Waals surface area contributed by atoms with Gasteiger partial charge in [0, 0.05) is 11.8 Å². The highest BCUT2D eigenvalue weighted by Crippen LogP contribution is 2.25. The van der Waals surface area contributed by atoms with Crippen molar-refractivity contribution in [2.75, 3.05) is 0 Å². The minimum atomic E-state index is 0.297. The van der Waals surface area contributed by atoms with Crippen LogP contribution < -0.4 is 0 Å². The van der Waals surface area contributed by atoms with Crippen LogP contribution in [-0.4, -0.2) is 14.6 Å². The summed E-state index contributed by atoms with van der Waals surface area (Å²) in [5, 5.41) is 22.9. The molecule has 20 heavy (non-hydrogen) atoms. The van der Waals surface area contributed by atoms with Crippen molar-refractivity contribution in [2.24, 2.45) is 0 Å². The molecule has 0 saturated carbocycles. The first-order chi connectivity index (χ1) is 9.72. The van der Waals surface area contributed by atoms with E-state index in [4.69, 9.17) is 16.9 Å². The highest BCUT2D eigenvalue weighted by molar-refractivity contribution is 6.29. The van der Waals surface area contributed by atoms with Gasteiger partial charge >= 0.3 is 0 Å². The molecule has 1 aromatic carbocycles. The minimum absolute atomic E-state index is 0.297. The Hall–Kier alpha value is -2.89. The van der Waals surface area contributed by atoms with Gasteiger partial charge in [0.05, 0.1) is 11.6 Å². The zero-order valence-electron chi connectivity index (χ0n) is 10.1. The molecule has 0 spiro atoms. The smallest absolute Gasteiger partial charge is 0.175 e. The largest absolute Gasteiger partial charge is 0.220 e. The molecule has 0 fully saturated rings. The molecular formula is C14H6ClN5. The number of fused-ring (bicyclic) bond motifs is 1. The second-order valence-corrected chi connectivity index (χ2v) is 4.43.